The summed E-state index contributed by atoms with van der Waals surface area (Å²) in [7, 11) is 5.35. The van der Waals surface area contributed by atoms with E-state index < -0.39 is 71.7 Å². The van der Waals surface area contributed by atoms with Gasteiger partial charge in [-0.05, 0) is 61.1 Å². The van der Waals surface area contributed by atoms with Gasteiger partial charge in [-0.3, -0.25) is 4.79 Å². The van der Waals surface area contributed by atoms with Gasteiger partial charge in [0.1, 0.15) is 24.0 Å². The fourth-order valence-electron chi connectivity index (χ4n) is 7.31. The van der Waals surface area contributed by atoms with Crippen LogP contribution in [-0.2, 0) is 33.3 Å². The molecule has 0 aliphatic carbocycles. The summed E-state index contributed by atoms with van der Waals surface area (Å²) in [4.78, 5) is 42.1. The molecule has 0 aromatic carbocycles. The first-order chi connectivity index (χ1) is 19.9. The Morgan fingerprint density at radius 3 is 2.35 bits per heavy atom. The van der Waals surface area contributed by atoms with Crippen molar-refractivity contribution in [1.82, 2.24) is 9.91 Å². The number of ether oxygens (including phenoxy) is 5. The number of amides is 1. The van der Waals surface area contributed by atoms with Crippen molar-refractivity contribution in [2.45, 2.75) is 129 Å². The van der Waals surface area contributed by atoms with Crippen LogP contribution < -0.4 is 5.84 Å². The van der Waals surface area contributed by atoms with E-state index in [9.17, 15) is 19.5 Å². The second kappa shape index (κ2) is 13.5. The van der Waals surface area contributed by atoms with Gasteiger partial charge in [-0.1, -0.05) is 33.8 Å². The Morgan fingerprint density at radius 1 is 1.16 bits per heavy atom. The zero-order chi connectivity index (χ0) is 32.6. The average Bonchev–Trinajstić information content (AvgIpc) is 3.17. The molecule has 0 aromatic rings. The molecule has 1 amide bonds. The molecule has 0 spiro atoms. The SMILES string of the molecule is CC[C@H]1OC(=O)/C(C)=C/[C@H](C)[C@@H](O[C@@H]2O[C@H](C)C[C@H](N(C)C)[C@H]2O)[C@](C)(OC)C[C@@H](C)C(=O)[C@@H](C)[C@H]2N(N)C(=O)O[C@]12C. The zero-order valence-electron chi connectivity index (χ0n) is 27.7. The van der Waals surface area contributed by atoms with Crippen molar-refractivity contribution in [3.63, 3.8) is 0 Å². The molecule has 43 heavy (non-hydrogen) atoms. The predicted molar refractivity (Wildman–Crippen MR) is 158 cm³/mol. The van der Waals surface area contributed by atoms with E-state index in [4.69, 9.17) is 29.5 Å². The van der Waals surface area contributed by atoms with E-state index in [2.05, 4.69) is 0 Å². The van der Waals surface area contributed by atoms with Gasteiger partial charge in [0.2, 0.25) is 0 Å². The molecule has 12 atom stereocenters. The van der Waals surface area contributed by atoms with E-state index in [-0.39, 0.29) is 24.3 Å². The molecular formula is C31H53N3O9. The number of cyclic esters (lactones) is 1. The number of Topliss-reactive ketones (excluding diaryl/α,β-unsaturated/α-hetero) is 1. The number of nitrogens with zero attached hydrogens (tertiary/aromatic N) is 2. The van der Waals surface area contributed by atoms with Crippen molar-refractivity contribution in [2.24, 2.45) is 23.6 Å². The number of hydrazine groups is 1. The molecule has 3 rings (SSSR count). The summed E-state index contributed by atoms with van der Waals surface area (Å²) in [6.45, 7) is 14.3. The van der Waals surface area contributed by atoms with E-state index in [1.54, 1.807) is 34.0 Å². The van der Waals surface area contributed by atoms with Gasteiger partial charge in [0.25, 0.3) is 0 Å². The maximum absolute atomic E-state index is 14.0. The van der Waals surface area contributed by atoms with Crippen LogP contribution in [0.3, 0.4) is 0 Å². The molecule has 3 aliphatic heterocycles. The van der Waals surface area contributed by atoms with Gasteiger partial charge in [-0.25, -0.2) is 20.4 Å². The highest BCUT2D eigenvalue weighted by Gasteiger charge is 2.59. The third kappa shape index (κ3) is 6.94. The minimum Gasteiger partial charge on any atom is -0.455 e. The van der Waals surface area contributed by atoms with Crippen molar-refractivity contribution >= 4 is 17.8 Å². The standard InChI is InChI=1S/C31H53N3O9/c1-12-22-31(8)25(34(32)29(38)43-31)20(6)23(35)18(4)15-30(7,39-11)26(16(2)13-17(3)27(37)41-22)42-28-24(36)21(33(9)10)14-19(5)40-28/h13,16,18-22,24-26,28,36H,12,14-15,32H2,1-11H3/b17-13+/t16-,18+,19+,20+,21-,22+,24+,25+,26+,28-,30+,31+/m0/s1. The quantitative estimate of drug-likeness (QED) is 0.268. The number of hydrogen-bond donors (Lipinski definition) is 2. The Balaban J connectivity index is 2.11. The summed E-state index contributed by atoms with van der Waals surface area (Å²) in [5, 5.41) is 12.2. The number of aliphatic hydroxyl groups excluding tert-OH is 1. The van der Waals surface area contributed by atoms with Gasteiger partial charge in [0.15, 0.2) is 11.9 Å². The van der Waals surface area contributed by atoms with Crippen LogP contribution in [0.25, 0.3) is 0 Å². The van der Waals surface area contributed by atoms with E-state index in [0.717, 1.165) is 5.01 Å². The fraction of sp³-hybridized carbons (Fsp3) is 0.839. The topological polar surface area (TPSA) is 150 Å². The van der Waals surface area contributed by atoms with Crippen molar-refractivity contribution in [1.29, 1.82) is 0 Å². The van der Waals surface area contributed by atoms with E-state index >= 15 is 0 Å². The first-order valence-corrected chi connectivity index (χ1v) is 15.3. The number of fused-ring (bicyclic) bond motifs is 1. The van der Waals surface area contributed by atoms with Gasteiger partial charge < -0.3 is 33.7 Å². The molecule has 0 radical (unpaired) electrons. The van der Waals surface area contributed by atoms with Crippen LogP contribution in [0.15, 0.2) is 11.6 Å². The lowest BCUT2D eigenvalue weighted by Gasteiger charge is -2.46. The van der Waals surface area contributed by atoms with E-state index in [1.165, 1.54) is 0 Å². The molecule has 0 bridgehead atoms. The lowest BCUT2D eigenvalue weighted by molar-refractivity contribution is -0.294. The Morgan fingerprint density at radius 2 is 1.79 bits per heavy atom. The number of likely N-dealkylation sites (N-methyl/N-ethyl adjacent to an activating group) is 1. The van der Waals surface area contributed by atoms with Crippen molar-refractivity contribution in [3.05, 3.63) is 11.6 Å². The summed E-state index contributed by atoms with van der Waals surface area (Å²) in [5.41, 5.74) is -2.09. The van der Waals surface area contributed by atoms with Gasteiger partial charge in [0, 0.05) is 36.5 Å². The summed E-state index contributed by atoms with van der Waals surface area (Å²) in [6, 6.07) is -1.07. The smallest absolute Gasteiger partial charge is 0.425 e. The second-order valence-electron chi connectivity index (χ2n) is 13.4. The Labute approximate surface area is 256 Å². The van der Waals surface area contributed by atoms with Crippen LogP contribution in [0.5, 0.6) is 0 Å². The fourth-order valence-corrected chi connectivity index (χ4v) is 7.31. The van der Waals surface area contributed by atoms with Gasteiger partial charge in [-0.15, -0.1) is 0 Å². The van der Waals surface area contributed by atoms with Crippen molar-refractivity contribution < 1.29 is 43.2 Å². The predicted octanol–water partition coefficient (Wildman–Crippen LogP) is 2.81. The molecule has 246 valence electrons. The summed E-state index contributed by atoms with van der Waals surface area (Å²) >= 11 is 0. The molecule has 3 aliphatic rings. The van der Waals surface area contributed by atoms with Crippen LogP contribution in [0.4, 0.5) is 4.79 Å². The maximum Gasteiger partial charge on any atom is 0.425 e. The number of aliphatic hydroxyl groups is 1. The summed E-state index contributed by atoms with van der Waals surface area (Å²) in [5.74, 6) is 3.70. The number of rotatable bonds is 5. The molecule has 0 aromatic heterocycles. The largest absolute Gasteiger partial charge is 0.455 e. The van der Waals surface area contributed by atoms with Crippen LogP contribution >= 0.6 is 0 Å². The molecule has 12 heteroatoms. The highest BCUT2D eigenvalue weighted by Crippen LogP contribution is 2.41. The highest BCUT2D eigenvalue weighted by atomic mass is 16.7. The second-order valence-corrected chi connectivity index (χ2v) is 13.4. The van der Waals surface area contributed by atoms with Crippen molar-refractivity contribution in [3.8, 4) is 0 Å². The van der Waals surface area contributed by atoms with E-state index in [0.29, 0.717) is 18.4 Å². The Kier molecular flexibility index (Phi) is 11.1. The highest BCUT2D eigenvalue weighted by molar-refractivity contribution is 5.88. The summed E-state index contributed by atoms with van der Waals surface area (Å²) < 4.78 is 30.5. The maximum atomic E-state index is 14.0. The van der Waals surface area contributed by atoms with Gasteiger partial charge in [-0.2, -0.15) is 0 Å². The van der Waals surface area contributed by atoms with Crippen LogP contribution in [0.1, 0.15) is 74.7 Å². The number of hydrogen-bond acceptors (Lipinski definition) is 11. The first-order valence-electron chi connectivity index (χ1n) is 15.3. The molecule has 3 N–H and O–H groups in total. The third-order valence-corrected chi connectivity index (χ3v) is 9.72. The molecule has 12 nitrogen and oxygen atoms in total. The Bertz CT molecular complexity index is 1070. The monoisotopic (exact) mass is 611 g/mol. The molecule has 0 unspecified atom stereocenters. The Hall–Kier alpha value is -2.09. The third-order valence-electron chi connectivity index (χ3n) is 9.72. The number of nitrogens with two attached hydrogens (primary N) is 1. The molecular weight excluding hydrogens is 558 g/mol. The first kappa shape index (κ1) is 35.4. The molecule has 2 fully saturated rings. The lowest BCUT2D eigenvalue weighted by Crippen LogP contribution is -2.59. The van der Waals surface area contributed by atoms with E-state index in [1.807, 2.05) is 53.6 Å². The normalized spacial score (nSPS) is 44.7. The van der Waals surface area contributed by atoms with Crippen LogP contribution in [0.2, 0.25) is 0 Å². The molecule has 2 saturated heterocycles. The number of ketones is 1. The minimum atomic E-state index is -1.36. The van der Waals surface area contributed by atoms with Crippen LogP contribution in [-0.4, -0.2) is 108 Å². The molecule has 3 heterocycles. The minimum absolute atomic E-state index is 0.153. The number of carbonyl (C=O) groups excluding carboxylic acids is 3. The number of carbonyl (C=O) groups is 3. The number of methoxy groups -OCH3 is 1. The van der Waals surface area contributed by atoms with Gasteiger partial charge in [0.05, 0.1) is 17.8 Å². The average molecular weight is 612 g/mol. The van der Waals surface area contributed by atoms with Gasteiger partial charge >= 0.3 is 12.1 Å². The van der Waals surface area contributed by atoms with Crippen LogP contribution in [0, 0.1) is 17.8 Å². The zero-order valence-corrected chi connectivity index (χ0v) is 27.7. The van der Waals surface area contributed by atoms with Crippen molar-refractivity contribution in [2.75, 3.05) is 21.2 Å². The molecule has 0 saturated carbocycles. The number of esters is 1. The summed E-state index contributed by atoms with van der Waals surface area (Å²) in [6.07, 6.45) is -1.53. The lowest BCUT2D eigenvalue weighted by atomic mass is 9.74.